The molecule has 3 aliphatic carbocycles. The Labute approximate surface area is 201 Å². The Morgan fingerprint density at radius 3 is 2.16 bits per heavy atom. The van der Waals surface area contributed by atoms with Crippen molar-refractivity contribution in [1.82, 2.24) is 0 Å². The number of rotatable bonds is 2. The first-order valence-electron chi connectivity index (χ1n) is 13.3. The quantitative estimate of drug-likeness (QED) is 0.392. The minimum absolute atomic E-state index is 0.209. The monoisotopic (exact) mass is 438 g/mol. The van der Waals surface area contributed by atoms with E-state index >= 15 is 0 Å². The summed E-state index contributed by atoms with van der Waals surface area (Å²) in [6.45, 7) is 11.4. The summed E-state index contributed by atoms with van der Waals surface area (Å²) in [5.74, 6) is 20.4. The first-order chi connectivity index (χ1) is 15.3. The van der Waals surface area contributed by atoms with Crippen LogP contribution < -0.4 is 0 Å². The lowest BCUT2D eigenvalue weighted by molar-refractivity contribution is 0.137. The third-order valence-corrected chi connectivity index (χ3v) is 6.97. The van der Waals surface area contributed by atoms with Gasteiger partial charge < -0.3 is 4.74 Å². The fourth-order valence-corrected chi connectivity index (χ4v) is 4.10. The highest BCUT2D eigenvalue weighted by Crippen LogP contribution is 2.29. The fourth-order valence-electron chi connectivity index (χ4n) is 4.10. The summed E-state index contributed by atoms with van der Waals surface area (Å²) in [5.41, 5.74) is 0.606. The molecule has 0 aromatic heterocycles. The van der Waals surface area contributed by atoms with Gasteiger partial charge in [-0.05, 0) is 84.5 Å². The normalized spacial score (nSPS) is 29.1. The summed E-state index contributed by atoms with van der Waals surface area (Å²) in [6.07, 6.45) is 18.9. The van der Waals surface area contributed by atoms with E-state index in [-0.39, 0.29) is 11.5 Å². The molecule has 0 aliphatic heterocycles. The Balaban J connectivity index is 0.000000240. The molecule has 0 saturated heterocycles. The highest BCUT2D eigenvalue weighted by Gasteiger charge is 2.19. The highest BCUT2D eigenvalue weighted by molar-refractivity contribution is 5.11. The molecule has 0 aromatic rings. The molecule has 0 saturated carbocycles. The summed E-state index contributed by atoms with van der Waals surface area (Å²) in [6, 6.07) is 0. The van der Waals surface area contributed by atoms with E-state index in [4.69, 9.17) is 4.74 Å². The molecule has 0 aromatic carbocycles. The van der Waals surface area contributed by atoms with Crippen LogP contribution in [0.3, 0.4) is 0 Å². The first-order valence-corrected chi connectivity index (χ1v) is 13.3. The lowest BCUT2D eigenvalue weighted by Crippen LogP contribution is -2.13. The molecule has 0 spiro atoms. The van der Waals surface area contributed by atoms with Gasteiger partial charge in [-0.2, -0.15) is 0 Å². The van der Waals surface area contributed by atoms with Crippen molar-refractivity contribution in [2.24, 2.45) is 16.7 Å². The fraction of sp³-hybridized carbons (Fsp3) is 0.806. The third-order valence-electron chi connectivity index (χ3n) is 6.97. The molecular formula is C31H50O. The smallest absolute Gasteiger partial charge is 0.117 e. The Morgan fingerprint density at radius 2 is 1.44 bits per heavy atom. The molecule has 1 heteroatoms. The van der Waals surface area contributed by atoms with Crippen LogP contribution in [0.5, 0.6) is 0 Å². The van der Waals surface area contributed by atoms with Gasteiger partial charge in [0.25, 0.3) is 0 Å². The maximum Gasteiger partial charge on any atom is 0.117 e. The Morgan fingerprint density at radius 1 is 0.750 bits per heavy atom. The zero-order chi connectivity index (χ0) is 23.7. The Bertz CT molecular complexity index is 683. The minimum atomic E-state index is 0.209. The molecule has 32 heavy (non-hydrogen) atoms. The van der Waals surface area contributed by atoms with Gasteiger partial charge in [-0.3, -0.25) is 0 Å². The minimum Gasteiger partial charge on any atom is -0.369 e. The van der Waals surface area contributed by atoms with E-state index in [1.165, 1.54) is 70.6 Å². The van der Waals surface area contributed by atoms with Crippen molar-refractivity contribution in [2.45, 2.75) is 137 Å². The molecule has 0 fully saturated rings. The topological polar surface area (TPSA) is 9.23 Å². The van der Waals surface area contributed by atoms with E-state index in [2.05, 4.69) is 70.1 Å². The molecule has 0 amide bonds. The van der Waals surface area contributed by atoms with Crippen LogP contribution >= 0.6 is 0 Å². The predicted molar refractivity (Wildman–Crippen MR) is 140 cm³/mol. The zero-order valence-corrected chi connectivity index (χ0v) is 22.2. The van der Waals surface area contributed by atoms with Crippen molar-refractivity contribution in [2.75, 3.05) is 7.11 Å². The largest absolute Gasteiger partial charge is 0.369 e. The van der Waals surface area contributed by atoms with Crippen LogP contribution in [0, 0.1) is 52.3 Å². The van der Waals surface area contributed by atoms with Crippen LogP contribution in [0.15, 0.2) is 0 Å². The van der Waals surface area contributed by atoms with Crippen LogP contribution in [0.25, 0.3) is 0 Å². The van der Waals surface area contributed by atoms with E-state index in [0.29, 0.717) is 5.41 Å². The van der Waals surface area contributed by atoms with Crippen LogP contribution in [-0.4, -0.2) is 13.2 Å². The molecule has 2 unspecified atom stereocenters. The maximum absolute atomic E-state index is 5.15. The van der Waals surface area contributed by atoms with Crippen LogP contribution in [0.4, 0.5) is 0 Å². The second-order valence-electron chi connectivity index (χ2n) is 10.8. The summed E-state index contributed by atoms with van der Waals surface area (Å²) in [7, 11) is 1.74. The predicted octanol–water partition coefficient (Wildman–Crippen LogP) is 8.57. The second kappa shape index (κ2) is 16.3. The van der Waals surface area contributed by atoms with Gasteiger partial charge in [-0.25, -0.2) is 0 Å². The van der Waals surface area contributed by atoms with Gasteiger partial charge in [0.1, 0.15) is 6.10 Å². The summed E-state index contributed by atoms with van der Waals surface area (Å²) < 4.78 is 5.15. The Kier molecular flexibility index (Phi) is 14.6. The van der Waals surface area contributed by atoms with Crippen molar-refractivity contribution in [3.63, 3.8) is 0 Å². The van der Waals surface area contributed by atoms with Crippen LogP contribution in [-0.2, 0) is 4.74 Å². The molecule has 3 aliphatic rings. The standard InChI is InChI=1S/2C11H18.C9H14O/c1-10-6-4-5-8-11(2,3)9-7-10;1-3-11(2)9-7-5-4-6-8-10-11;1-10-9-7-5-3-2-4-6-8-9/h10H,4,6-7,9H2,1-3H3;3-7,9H2,1-2H3;9H,2-5,7H2,1H3/t10-;;/m1../s1. The van der Waals surface area contributed by atoms with Gasteiger partial charge in [0.15, 0.2) is 0 Å². The molecule has 3 atom stereocenters. The summed E-state index contributed by atoms with van der Waals surface area (Å²) in [4.78, 5) is 0. The molecule has 0 heterocycles. The molecule has 180 valence electrons. The van der Waals surface area contributed by atoms with Gasteiger partial charge in [0, 0.05) is 37.2 Å². The molecule has 0 bridgehead atoms. The van der Waals surface area contributed by atoms with E-state index in [0.717, 1.165) is 31.6 Å². The third kappa shape index (κ3) is 13.9. The number of methoxy groups -OCH3 is 1. The van der Waals surface area contributed by atoms with Crippen molar-refractivity contribution in [1.29, 1.82) is 0 Å². The van der Waals surface area contributed by atoms with Gasteiger partial charge in [-0.15, -0.1) is 17.8 Å². The van der Waals surface area contributed by atoms with Gasteiger partial charge in [0.2, 0.25) is 0 Å². The lowest BCUT2D eigenvalue weighted by atomic mass is 9.81. The van der Waals surface area contributed by atoms with Crippen molar-refractivity contribution in [3.05, 3.63) is 0 Å². The lowest BCUT2D eigenvalue weighted by Gasteiger charge is -2.22. The number of hydrogen-bond donors (Lipinski definition) is 0. The number of ether oxygens (including phenoxy) is 1. The number of hydrogen-bond acceptors (Lipinski definition) is 1. The SMILES string of the molecule is CCC1(C)C#CCCCCC1.COC1C#CCCCCC1.C[C@@H]1CCC#CC(C)(C)CC1. The van der Waals surface area contributed by atoms with Crippen LogP contribution in [0.2, 0.25) is 0 Å². The molecule has 1 nitrogen and oxygen atoms in total. The van der Waals surface area contributed by atoms with E-state index in [9.17, 15) is 0 Å². The molecule has 0 N–H and O–H groups in total. The van der Waals surface area contributed by atoms with E-state index < -0.39 is 0 Å². The summed E-state index contributed by atoms with van der Waals surface area (Å²) in [5, 5.41) is 0. The second-order valence-corrected chi connectivity index (χ2v) is 10.8. The molecule has 3 rings (SSSR count). The summed E-state index contributed by atoms with van der Waals surface area (Å²) >= 11 is 0. The van der Waals surface area contributed by atoms with Gasteiger partial charge in [-0.1, -0.05) is 50.9 Å². The van der Waals surface area contributed by atoms with Crippen LogP contribution in [0.1, 0.15) is 131 Å². The van der Waals surface area contributed by atoms with Gasteiger partial charge >= 0.3 is 0 Å². The van der Waals surface area contributed by atoms with Crippen molar-refractivity contribution in [3.8, 4) is 35.5 Å². The zero-order valence-electron chi connectivity index (χ0n) is 22.2. The highest BCUT2D eigenvalue weighted by atomic mass is 16.5. The average molecular weight is 439 g/mol. The molecule has 0 radical (unpaired) electrons. The van der Waals surface area contributed by atoms with Crippen molar-refractivity contribution < 1.29 is 4.74 Å². The van der Waals surface area contributed by atoms with Gasteiger partial charge in [0.05, 0.1) is 0 Å². The first kappa shape index (κ1) is 28.7. The average Bonchev–Trinajstić information content (AvgIpc) is 2.73. The molecular weight excluding hydrogens is 388 g/mol. The Hall–Kier alpha value is -1.36. The van der Waals surface area contributed by atoms with E-state index in [1.54, 1.807) is 7.11 Å². The maximum atomic E-state index is 5.15. The van der Waals surface area contributed by atoms with E-state index in [1.807, 2.05) is 0 Å². The van der Waals surface area contributed by atoms with Crippen molar-refractivity contribution >= 4 is 0 Å².